The van der Waals surface area contributed by atoms with Crippen molar-refractivity contribution in [1.29, 1.82) is 0 Å². The standard InChI is InChI=1S/C21H27NO/c1-23-17-8-7-16-12-20-18-4-2-3-9-21(18,19(16)13-17)10-11-22(20)14-15-5-6-15/h4,7-8,13,15,20H,2-3,5-6,9-12,14H2,1H3. The molecule has 2 bridgehead atoms. The summed E-state index contributed by atoms with van der Waals surface area (Å²) in [7, 11) is 1.79. The van der Waals surface area contributed by atoms with E-state index in [1.165, 1.54) is 58.0 Å². The minimum absolute atomic E-state index is 0.324. The van der Waals surface area contributed by atoms with Crippen LogP contribution in [0.1, 0.15) is 49.7 Å². The maximum atomic E-state index is 5.55. The minimum atomic E-state index is 0.324. The number of benzene rings is 1. The number of fused-ring (bicyclic) bond motifs is 1. The molecule has 2 nitrogen and oxygen atoms in total. The van der Waals surface area contributed by atoms with Crippen LogP contribution >= 0.6 is 0 Å². The van der Waals surface area contributed by atoms with Gasteiger partial charge in [-0.25, -0.2) is 0 Å². The van der Waals surface area contributed by atoms with E-state index in [9.17, 15) is 0 Å². The molecule has 0 amide bonds. The van der Waals surface area contributed by atoms with E-state index in [0.717, 1.165) is 11.7 Å². The Kier molecular flexibility index (Phi) is 3.13. The van der Waals surface area contributed by atoms with Gasteiger partial charge in [0, 0.05) is 18.0 Å². The van der Waals surface area contributed by atoms with E-state index >= 15 is 0 Å². The second-order valence-corrected chi connectivity index (χ2v) is 8.07. The van der Waals surface area contributed by atoms with E-state index in [4.69, 9.17) is 4.74 Å². The van der Waals surface area contributed by atoms with Crippen LogP contribution in [0.4, 0.5) is 0 Å². The fourth-order valence-electron chi connectivity index (χ4n) is 5.44. The Hall–Kier alpha value is -1.28. The minimum Gasteiger partial charge on any atom is -0.497 e. The van der Waals surface area contributed by atoms with Crippen molar-refractivity contribution in [2.45, 2.75) is 56.4 Å². The highest BCUT2D eigenvalue weighted by Gasteiger charge is 2.50. The Morgan fingerprint density at radius 2 is 2.17 bits per heavy atom. The molecule has 1 aromatic rings. The summed E-state index contributed by atoms with van der Waals surface area (Å²) in [5.41, 5.74) is 5.25. The molecule has 2 heteroatoms. The molecule has 2 fully saturated rings. The van der Waals surface area contributed by atoms with Crippen LogP contribution in [-0.4, -0.2) is 31.1 Å². The predicted molar refractivity (Wildman–Crippen MR) is 93.0 cm³/mol. The molecule has 5 rings (SSSR count). The van der Waals surface area contributed by atoms with Gasteiger partial charge in [0.15, 0.2) is 0 Å². The Balaban J connectivity index is 1.61. The summed E-state index contributed by atoms with van der Waals surface area (Å²) >= 11 is 0. The molecule has 0 aromatic heterocycles. The second-order valence-electron chi connectivity index (χ2n) is 8.07. The first-order valence-corrected chi connectivity index (χ1v) is 9.42. The summed E-state index contributed by atoms with van der Waals surface area (Å²) in [6.45, 7) is 2.62. The molecular formula is C21H27NO. The van der Waals surface area contributed by atoms with E-state index < -0.39 is 0 Å². The zero-order valence-corrected chi connectivity index (χ0v) is 14.2. The van der Waals surface area contributed by atoms with Gasteiger partial charge in [0.05, 0.1) is 7.11 Å². The molecule has 1 saturated carbocycles. The molecule has 122 valence electrons. The van der Waals surface area contributed by atoms with Crippen molar-refractivity contribution in [1.82, 2.24) is 4.90 Å². The fraction of sp³-hybridized carbons (Fsp3) is 0.619. The number of ether oxygens (including phenoxy) is 1. The number of piperidine rings is 1. The quantitative estimate of drug-likeness (QED) is 0.780. The van der Waals surface area contributed by atoms with Crippen LogP contribution in [0.2, 0.25) is 0 Å². The number of hydrogen-bond acceptors (Lipinski definition) is 2. The molecule has 0 N–H and O–H groups in total. The molecule has 1 heterocycles. The molecule has 0 spiro atoms. The number of nitrogens with zero attached hydrogens (tertiary/aromatic N) is 1. The average molecular weight is 309 g/mol. The molecule has 4 aliphatic rings. The molecular weight excluding hydrogens is 282 g/mol. The van der Waals surface area contributed by atoms with Crippen LogP contribution in [0, 0.1) is 5.92 Å². The summed E-state index contributed by atoms with van der Waals surface area (Å²) in [4.78, 5) is 2.82. The lowest BCUT2D eigenvalue weighted by Crippen LogP contribution is -2.56. The van der Waals surface area contributed by atoms with Crippen LogP contribution in [0.3, 0.4) is 0 Å². The Labute approximate surface area is 139 Å². The Morgan fingerprint density at radius 3 is 3.00 bits per heavy atom. The predicted octanol–water partition coefficient (Wildman–Crippen LogP) is 4.08. The van der Waals surface area contributed by atoms with Crippen molar-refractivity contribution in [2.75, 3.05) is 20.2 Å². The third kappa shape index (κ3) is 2.11. The zero-order valence-electron chi connectivity index (χ0n) is 14.2. The van der Waals surface area contributed by atoms with E-state index in [1.807, 2.05) is 0 Å². The molecule has 2 unspecified atom stereocenters. The summed E-state index contributed by atoms with van der Waals surface area (Å²) in [5.74, 6) is 2.02. The van der Waals surface area contributed by atoms with Gasteiger partial charge in [-0.05, 0) is 86.2 Å². The first kappa shape index (κ1) is 14.1. The van der Waals surface area contributed by atoms with Crippen molar-refractivity contribution in [2.24, 2.45) is 5.92 Å². The smallest absolute Gasteiger partial charge is 0.119 e. The molecule has 23 heavy (non-hydrogen) atoms. The van der Waals surface area contributed by atoms with E-state index in [-0.39, 0.29) is 0 Å². The first-order valence-electron chi connectivity index (χ1n) is 9.42. The van der Waals surface area contributed by atoms with E-state index in [2.05, 4.69) is 29.2 Å². The van der Waals surface area contributed by atoms with Gasteiger partial charge in [-0.1, -0.05) is 12.1 Å². The van der Waals surface area contributed by atoms with Crippen LogP contribution in [-0.2, 0) is 11.8 Å². The van der Waals surface area contributed by atoms with Crippen LogP contribution < -0.4 is 4.74 Å². The highest BCUT2D eigenvalue weighted by atomic mass is 16.5. The third-order valence-corrected chi connectivity index (χ3v) is 6.79. The Bertz CT molecular complexity index is 660. The summed E-state index contributed by atoms with van der Waals surface area (Å²) < 4.78 is 5.55. The first-order chi connectivity index (χ1) is 11.3. The van der Waals surface area contributed by atoms with Crippen molar-refractivity contribution < 1.29 is 4.74 Å². The SMILES string of the molecule is COc1ccc2c(c1)C13CCCC=C1C(C2)N(CC1CC1)CC3. The van der Waals surface area contributed by atoms with Gasteiger partial charge in [-0.3, -0.25) is 4.90 Å². The zero-order chi connectivity index (χ0) is 15.4. The normalized spacial score (nSPS) is 32.7. The number of hydrogen-bond donors (Lipinski definition) is 0. The lowest BCUT2D eigenvalue weighted by atomic mass is 9.57. The van der Waals surface area contributed by atoms with E-state index in [1.54, 1.807) is 23.8 Å². The maximum Gasteiger partial charge on any atom is 0.119 e. The number of rotatable bonds is 3. The number of likely N-dealkylation sites (tertiary alicyclic amines) is 1. The fourth-order valence-corrected chi connectivity index (χ4v) is 5.44. The monoisotopic (exact) mass is 309 g/mol. The molecule has 2 atom stereocenters. The van der Waals surface area contributed by atoms with Crippen molar-refractivity contribution in [3.05, 3.63) is 41.0 Å². The topological polar surface area (TPSA) is 12.5 Å². The molecule has 1 aromatic carbocycles. The third-order valence-electron chi connectivity index (χ3n) is 6.79. The van der Waals surface area contributed by atoms with Gasteiger partial charge in [0.25, 0.3) is 0 Å². The molecule has 3 aliphatic carbocycles. The van der Waals surface area contributed by atoms with Crippen molar-refractivity contribution in [3.8, 4) is 5.75 Å². The van der Waals surface area contributed by atoms with Gasteiger partial charge >= 0.3 is 0 Å². The lowest BCUT2D eigenvalue weighted by Gasteiger charge is -2.55. The number of methoxy groups -OCH3 is 1. The largest absolute Gasteiger partial charge is 0.497 e. The van der Waals surface area contributed by atoms with Crippen LogP contribution in [0.15, 0.2) is 29.8 Å². The average Bonchev–Trinajstić information content (AvgIpc) is 3.41. The number of allylic oxidation sites excluding steroid dienone is 1. The van der Waals surface area contributed by atoms with Crippen molar-refractivity contribution in [3.63, 3.8) is 0 Å². The van der Waals surface area contributed by atoms with Gasteiger partial charge in [-0.2, -0.15) is 0 Å². The highest BCUT2D eigenvalue weighted by molar-refractivity contribution is 5.53. The summed E-state index contributed by atoms with van der Waals surface area (Å²) in [5, 5.41) is 0. The van der Waals surface area contributed by atoms with Gasteiger partial charge < -0.3 is 4.74 Å². The second kappa shape index (κ2) is 5.11. The maximum absolute atomic E-state index is 5.55. The molecule has 1 aliphatic heterocycles. The summed E-state index contributed by atoms with van der Waals surface area (Å²) in [6, 6.07) is 7.52. The lowest BCUT2D eigenvalue weighted by molar-refractivity contribution is 0.122. The van der Waals surface area contributed by atoms with Gasteiger partial charge in [0.2, 0.25) is 0 Å². The van der Waals surface area contributed by atoms with Gasteiger partial charge in [0.1, 0.15) is 5.75 Å². The highest BCUT2D eigenvalue weighted by Crippen LogP contribution is 2.54. The van der Waals surface area contributed by atoms with Gasteiger partial charge in [-0.15, -0.1) is 0 Å². The molecule has 1 saturated heterocycles. The van der Waals surface area contributed by atoms with Crippen LogP contribution in [0.5, 0.6) is 5.75 Å². The molecule has 0 radical (unpaired) electrons. The van der Waals surface area contributed by atoms with Crippen LogP contribution in [0.25, 0.3) is 0 Å². The Morgan fingerprint density at radius 1 is 1.26 bits per heavy atom. The van der Waals surface area contributed by atoms with E-state index in [0.29, 0.717) is 11.5 Å². The summed E-state index contributed by atoms with van der Waals surface area (Å²) in [6.07, 6.45) is 12.0. The van der Waals surface area contributed by atoms with Crippen molar-refractivity contribution >= 4 is 0 Å².